The van der Waals surface area contributed by atoms with Gasteiger partial charge in [0, 0.05) is 17.5 Å². The summed E-state index contributed by atoms with van der Waals surface area (Å²) < 4.78 is 0. The van der Waals surface area contributed by atoms with Crippen LogP contribution in [0.5, 0.6) is 0 Å². The molecule has 0 radical (unpaired) electrons. The molecule has 19 heavy (non-hydrogen) atoms. The highest BCUT2D eigenvalue weighted by molar-refractivity contribution is 7.80. The Morgan fingerprint density at radius 3 is 2.58 bits per heavy atom. The van der Waals surface area contributed by atoms with E-state index in [1.165, 1.54) is 0 Å². The summed E-state index contributed by atoms with van der Waals surface area (Å²) in [7, 11) is 0. The molecule has 2 nitrogen and oxygen atoms in total. The lowest BCUT2D eigenvalue weighted by Crippen LogP contribution is -2.27. The maximum atomic E-state index is 12.5. The van der Waals surface area contributed by atoms with Crippen LogP contribution in [0.25, 0.3) is 10.8 Å². The molecule has 3 heteroatoms. The minimum atomic E-state index is 0.151. The first-order chi connectivity index (χ1) is 9.33. The number of carbonyl (C=O) groups is 1. The van der Waals surface area contributed by atoms with Crippen molar-refractivity contribution < 1.29 is 4.79 Å². The summed E-state index contributed by atoms with van der Waals surface area (Å²) in [6.45, 7) is 0.806. The van der Waals surface area contributed by atoms with E-state index in [0.717, 1.165) is 53.6 Å². The largest absolute Gasteiger partial charge is 0.308 e. The van der Waals surface area contributed by atoms with Gasteiger partial charge >= 0.3 is 0 Å². The third-order valence-electron chi connectivity index (χ3n) is 3.69. The summed E-state index contributed by atoms with van der Waals surface area (Å²) in [6.07, 6.45) is 3.28. The fourth-order valence-corrected chi connectivity index (χ4v) is 2.98. The van der Waals surface area contributed by atoms with E-state index in [1.54, 1.807) is 0 Å². The van der Waals surface area contributed by atoms with Gasteiger partial charge in [-0.2, -0.15) is 12.6 Å². The average Bonchev–Trinajstić information content (AvgIpc) is 2.71. The molecule has 1 heterocycles. The van der Waals surface area contributed by atoms with Gasteiger partial charge in [0.2, 0.25) is 0 Å². The predicted octanol–water partition coefficient (Wildman–Crippen LogP) is 3.90. The van der Waals surface area contributed by atoms with Gasteiger partial charge < -0.3 is 4.90 Å². The third-order valence-corrected chi connectivity index (χ3v) is 4.01. The second-order valence-corrected chi connectivity index (χ2v) is 5.37. The van der Waals surface area contributed by atoms with Crippen LogP contribution < -0.4 is 4.90 Å². The topological polar surface area (TPSA) is 20.3 Å². The Balaban J connectivity index is 1.90. The summed E-state index contributed by atoms with van der Waals surface area (Å²) in [5, 5.41) is 2.27. The van der Waals surface area contributed by atoms with Crippen LogP contribution in [0.3, 0.4) is 0 Å². The molecule has 0 aromatic heterocycles. The Bertz CT molecular complexity index is 618. The smallest absolute Gasteiger partial charge is 0.258 e. The molecule has 0 N–H and O–H groups in total. The Kier molecular flexibility index (Phi) is 3.47. The molecule has 0 saturated heterocycles. The summed E-state index contributed by atoms with van der Waals surface area (Å²) in [4.78, 5) is 14.4. The summed E-state index contributed by atoms with van der Waals surface area (Å²) in [5.74, 6) is 1.07. The number of hydrogen-bond donors (Lipinski definition) is 1. The molecule has 1 amide bonds. The second kappa shape index (κ2) is 5.25. The maximum absolute atomic E-state index is 12.5. The lowest BCUT2D eigenvalue weighted by Gasteiger charge is -2.17. The number of rotatable bonds is 5. The van der Waals surface area contributed by atoms with E-state index >= 15 is 0 Å². The van der Waals surface area contributed by atoms with Crippen molar-refractivity contribution in [2.24, 2.45) is 0 Å². The van der Waals surface area contributed by atoms with Gasteiger partial charge in [-0.1, -0.05) is 30.7 Å². The van der Waals surface area contributed by atoms with Crippen molar-refractivity contribution in [2.75, 3.05) is 17.2 Å². The molecule has 3 rings (SSSR count). The van der Waals surface area contributed by atoms with Crippen molar-refractivity contribution in [2.45, 2.75) is 19.3 Å². The number of benzene rings is 2. The van der Waals surface area contributed by atoms with Gasteiger partial charge in [-0.3, -0.25) is 4.79 Å². The molecule has 1 aliphatic rings. The minimum Gasteiger partial charge on any atom is -0.308 e. The van der Waals surface area contributed by atoms with Crippen molar-refractivity contribution in [3.8, 4) is 0 Å². The SMILES string of the molecule is O=C1c2cccc3cccc(c23)N1CCCCCS. The molecule has 0 atom stereocenters. The molecular formula is C16H17NOS. The van der Waals surface area contributed by atoms with E-state index < -0.39 is 0 Å². The first-order valence-corrected chi connectivity index (χ1v) is 7.40. The van der Waals surface area contributed by atoms with Gasteiger partial charge in [0.05, 0.1) is 5.69 Å². The average molecular weight is 271 g/mol. The molecule has 2 aromatic carbocycles. The molecule has 0 aliphatic carbocycles. The quantitative estimate of drug-likeness (QED) is 0.646. The van der Waals surface area contributed by atoms with E-state index in [2.05, 4.69) is 30.8 Å². The Labute approximate surface area is 118 Å². The Hall–Kier alpha value is -1.48. The lowest BCUT2D eigenvalue weighted by atomic mass is 10.1. The molecule has 98 valence electrons. The first kappa shape index (κ1) is 12.5. The predicted molar refractivity (Wildman–Crippen MR) is 83.3 cm³/mol. The zero-order chi connectivity index (χ0) is 13.2. The number of carbonyl (C=O) groups excluding carboxylic acids is 1. The van der Waals surface area contributed by atoms with Crippen LogP contribution in [0.1, 0.15) is 29.6 Å². The highest BCUT2D eigenvalue weighted by atomic mass is 32.1. The van der Waals surface area contributed by atoms with Crippen LogP contribution in [0.15, 0.2) is 36.4 Å². The van der Waals surface area contributed by atoms with Crippen molar-refractivity contribution in [1.82, 2.24) is 0 Å². The second-order valence-electron chi connectivity index (χ2n) is 4.92. The van der Waals surface area contributed by atoms with Crippen LogP contribution in [0.4, 0.5) is 5.69 Å². The Morgan fingerprint density at radius 1 is 1.00 bits per heavy atom. The van der Waals surface area contributed by atoms with Crippen LogP contribution in [0, 0.1) is 0 Å². The van der Waals surface area contributed by atoms with Crippen molar-refractivity contribution in [1.29, 1.82) is 0 Å². The normalized spacial score (nSPS) is 13.5. The van der Waals surface area contributed by atoms with Crippen molar-refractivity contribution in [3.63, 3.8) is 0 Å². The number of nitrogens with zero attached hydrogens (tertiary/aromatic N) is 1. The zero-order valence-electron chi connectivity index (χ0n) is 10.8. The van der Waals surface area contributed by atoms with Gasteiger partial charge in [0.15, 0.2) is 0 Å². The molecule has 0 spiro atoms. The molecule has 1 aliphatic heterocycles. The highest BCUT2D eigenvalue weighted by Gasteiger charge is 2.28. The summed E-state index contributed by atoms with van der Waals surface area (Å²) >= 11 is 4.22. The fraction of sp³-hybridized carbons (Fsp3) is 0.312. The van der Waals surface area contributed by atoms with Crippen LogP contribution >= 0.6 is 12.6 Å². The number of anilines is 1. The lowest BCUT2D eigenvalue weighted by molar-refractivity contribution is 0.0993. The monoisotopic (exact) mass is 271 g/mol. The number of hydrogen-bond acceptors (Lipinski definition) is 2. The summed E-state index contributed by atoms with van der Waals surface area (Å²) in [6, 6.07) is 12.1. The number of unbranched alkanes of at least 4 members (excludes halogenated alkanes) is 2. The van der Waals surface area contributed by atoms with Gasteiger partial charge in [-0.25, -0.2) is 0 Å². The number of amides is 1. The van der Waals surface area contributed by atoms with E-state index in [-0.39, 0.29) is 5.91 Å². The maximum Gasteiger partial charge on any atom is 0.258 e. The van der Waals surface area contributed by atoms with Gasteiger partial charge in [0.25, 0.3) is 5.91 Å². The van der Waals surface area contributed by atoms with E-state index in [9.17, 15) is 4.79 Å². The summed E-state index contributed by atoms with van der Waals surface area (Å²) in [5.41, 5.74) is 1.92. The zero-order valence-corrected chi connectivity index (χ0v) is 11.7. The van der Waals surface area contributed by atoms with Crippen LogP contribution in [-0.2, 0) is 0 Å². The van der Waals surface area contributed by atoms with Crippen molar-refractivity contribution in [3.05, 3.63) is 42.0 Å². The van der Waals surface area contributed by atoms with Crippen molar-refractivity contribution >= 4 is 35.0 Å². The Morgan fingerprint density at radius 2 is 1.79 bits per heavy atom. The van der Waals surface area contributed by atoms with Gasteiger partial charge in [-0.15, -0.1) is 0 Å². The van der Waals surface area contributed by atoms with E-state index in [0.29, 0.717) is 0 Å². The molecular weight excluding hydrogens is 254 g/mol. The van der Waals surface area contributed by atoms with E-state index in [4.69, 9.17) is 0 Å². The third kappa shape index (κ3) is 2.12. The fourth-order valence-electron chi connectivity index (χ4n) is 2.76. The highest BCUT2D eigenvalue weighted by Crippen LogP contribution is 2.37. The first-order valence-electron chi connectivity index (χ1n) is 6.77. The molecule has 0 bridgehead atoms. The molecule has 0 saturated carbocycles. The minimum absolute atomic E-state index is 0.151. The van der Waals surface area contributed by atoms with E-state index in [1.807, 2.05) is 23.1 Å². The van der Waals surface area contributed by atoms with Gasteiger partial charge in [-0.05, 0) is 36.1 Å². The molecule has 0 fully saturated rings. The number of thiol groups is 1. The molecule has 2 aromatic rings. The van der Waals surface area contributed by atoms with Crippen LogP contribution in [0.2, 0.25) is 0 Å². The van der Waals surface area contributed by atoms with Gasteiger partial charge in [0.1, 0.15) is 0 Å². The molecule has 0 unspecified atom stereocenters. The standard InChI is InChI=1S/C16H17NOS/c18-16-13-8-4-6-12-7-5-9-14(15(12)13)17(16)10-2-1-3-11-19/h4-9,19H,1-3,10-11H2. The van der Waals surface area contributed by atoms with Crippen LogP contribution in [-0.4, -0.2) is 18.2 Å².